The summed E-state index contributed by atoms with van der Waals surface area (Å²) in [4.78, 5) is 10.9. The highest BCUT2D eigenvalue weighted by atomic mass is 79.9. The molecule has 0 aliphatic carbocycles. The van der Waals surface area contributed by atoms with Gasteiger partial charge in [-0.2, -0.15) is 5.10 Å². The number of carbonyl (C=O) groups is 1. The average Bonchev–Trinajstić information content (AvgIpc) is 2.54. The SMILES string of the molecule is O=Cc1c(Br)nn(-c2ccc(Cl)cc2Cl)c1Br. The Hall–Kier alpha value is -0.360. The molecule has 0 fully saturated rings. The maximum absolute atomic E-state index is 10.9. The van der Waals surface area contributed by atoms with E-state index in [2.05, 4.69) is 37.0 Å². The zero-order valence-corrected chi connectivity index (χ0v) is 12.8. The Balaban J connectivity index is 2.65. The Bertz CT molecular complexity index is 598. The molecule has 0 atom stereocenters. The van der Waals surface area contributed by atoms with Gasteiger partial charge < -0.3 is 0 Å². The number of carbonyl (C=O) groups excluding carboxylic acids is 1. The first-order valence-electron chi connectivity index (χ1n) is 4.39. The number of hydrogen-bond donors (Lipinski definition) is 0. The van der Waals surface area contributed by atoms with Gasteiger partial charge in [0.05, 0.1) is 16.3 Å². The fourth-order valence-corrected chi connectivity index (χ4v) is 3.04. The minimum absolute atomic E-state index is 0.427. The van der Waals surface area contributed by atoms with Crippen molar-refractivity contribution in [3.63, 3.8) is 0 Å². The van der Waals surface area contributed by atoms with Gasteiger partial charge in [-0.1, -0.05) is 23.2 Å². The summed E-state index contributed by atoms with van der Waals surface area (Å²) < 4.78 is 2.50. The first-order chi connectivity index (χ1) is 8.04. The third-order valence-corrected chi connectivity index (χ3v) is 3.96. The van der Waals surface area contributed by atoms with Gasteiger partial charge in [0.15, 0.2) is 6.29 Å². The molecule has 1 aromatic heterocycles. The molecule has 1 aromatic carbocycles. The summed E-state index contributed by atoms with van der Waals surface area (Å²) in [6, 6.07) is 5.04. The third-order valence-electron chi connectivity index (χ3n) is 2.07. The zero-order valence-electron chi connectivity index (χ0n) is 8.12. The van der Waals surface area contributed by atoms with Gasteiger partial charge in [-0.15, -0.1) is 0 Å². The van der Waals surface area contributed by atoms with Crippen LogP contribution in [0, 0.1) is 0 Å². The molecule has 0 amide bonds. The number of rotatable bonds is 2. The first kappa shape index (κ1) is 13.1. The fourth-order valence-electron chi connectivity index (χ4n) is 1.29. The van der Waals surface area contributed by atoms with E-state index in [1.807, 2.05) is 0 Å². The van der Waals surface area contributed by atoms with E-state index in [-0.39, 0.29) is 0 Å². The van der Waals surface area contributed by atoms with E-state index in [4.69, 9.17) is 23.2 Å². The van der Waals surface area contributed by atoms with Crippen LogP contribution in [0.3, 0.4) is 0 Å². The van der Waals surface area contributed by atoms with Crippen molar-refractivity contribution in [3.8, 4) is 5.69 Å². The Morgan fingerprint density at radius 2 is 2.00 bits per heavy atom. The van der Waals surface area contributed by atoms with Gasteiger partial charge in [0.25, 0.3) is 0 Å². The molecule has 2 rings (SSSR count). The normalized spacial score (nSPS) is 10.6. The minimum atomic E-state index is 0.427. The number of hydrogen-bond acceptors (Lipinski definition) is 2. The lowest BCUT2D eigenvalue weighted by atomic mass is 10.3. The number of halogens is 4. The molecule has 88 valence electrons. The van der Waals surface area contributed by atoms with Crippen molar-refractivity contribution in [1.29, 1.82) is 0 Å². The topological polar surface area (TPSA) is 34.9 Å². The number of aromatic nitrogens is 2. The van der Waals surface area contributed by atoms with Crippen molar-refractivity contribution in [2.45, 2.75) is 0 Å². The summed E-state index contributed by atoms with van der Waals surface area (Å²) in [6.07, 6.45) is 0.710. The van der Waals surface area contributed by atoms with Crippen molar-refractivity contribution in [2.24, 2.45) is 0 Å². The van der Waals surface area contributed by atoms with E-state index in [1.165, 1.54) is 4.68 Å². The largest absolute Gasteiger partial charge is 0.298 e. The van der Waals surface area contributed by atoms with Gasteiger partial charge in [-0.25, -0.2) is 4.68 Å². The molecule has 17 heavy (non-hydrogen) atoms. The molecule has 0 bridgehead atoms. The fraction of sp³-hybridized carbons (Fsp3) is 0. The van der Waals surface area contributed by atoms with E-state index in [0.29, 0.717) is 36.8 Å². The molecule has 0 aliphatic heterocycles. The molecule has 1 heterocycles. The minimum Gasteiger partial charge on any atom is -0.298 e. The van der Waals surface area contributed by atoms with Crippen LogP contribution in [-0.4, -0.2) is 16.1 Å². The summed E-state index contributed by atoms with van der Waals surface area (Å²) in [5.41, 5.74) is 1.06. The monoisotopic (exact) mass is 396 g/mol. The smallest absolute Gasteiger partial charge is 0.155 e. The van der Waals surface area contributed by atoms with Gasteiger partial charge in [-0.05, 0) is 50.1 Å². The van der Waals surface area contributed by atoms with Crippen LogP contribution < -0.4 is 0 Å². The van der Waals surface area contributed by atoms with Crippen LogP contribution in [0.2, 0.25) is 10.0 Å². The highest BCUT2D eigenvalue weighted by Crippen LogP contribution is 2.30. The van der Waals surface area contributed by atoms with Crippen LogP contribution in [0.1, 0.15) is 10.4 Å². The highest BCUT2D eigenvalue weighted by molar-refractivity contribution is 9.11. The second kappa shape index (κ2) is 5.10. The van der Waals surface area contributed by atoms with E-state index >= 15 is 0 Å². The van der Waals surface area contributed by atoms with Crippen LogP contribution in [0.15, 0.2) is 27.4 Å². The van der Waals surface area contributed by atoms with Gasteiger partial charge in [0.1, 0.15) is 9.21 Å². The molecule has 0 N–H and O–H groups in total. The number of benzene rings is 1. The van der Waals surface area contributed by atoms with Crippen molar-refractivity contribution >= 4 is 61.3 Å². The Morgan fingerprint density at radius 3 is 2.53 bits per heavy atom. The molecule has 0 saturated heterocycles. The van der Waals surface area contributed by atoms with Crippen molar-refractivity contribution in [3.05, 3.63) is 43.0 Å². The van der Waals surface area contributed by atoms with E-state index in [0.717, 1.165) is 0 Å². The second-order valence-electron chi connectivity index (χ2n) is 3.12. The molecule has 7 heteroatoms. The zero-order chi connectivity index (χ0) is 12.6. The first-order valence-corrected chi connectivity index (χ1v) is 6.73. The Labute approximate surface area is 124 Å². The van der Waals surface area contributed by atoms with Crippen molar-refractivity contribution in [2.75, 3.05) is 0 Å². The maximum atomic E-state index is 10.9. The molecule has 0 radical (unpaired) electrons. The molecule has 0 aliphatic rings. The van der Waals surface area contributed by atoms with E-state index < -0.39 is 0 Å². The second-order valence-corrected chi connectivity index (χ2v) is 5.47. The van der Waals surface area contributed by atoms with Crippen molar-refractivity contribution < 1.29 is 4.79 Å². The summed E-state index contributed by atoms with van der Waals surface area (Å²) in [6.45, 7) is 0. The molecule has 0 unspecified atom stereocenters. The van der Waals surface area contributed by atoms with Crippen LogP contribution >= 0.6 is 55.1 Å². The summed E-state index contributed by atoms with van der Waals surface area (Å²) >= 11 is 18.4. The summed E-state index contributed by atoms with van der Waals surface area (Å²) in [5.74, 6) is 0. The lowest BCUT2D eigenvalue weighted by Gasteiger charge is -2.05. The van der Waals surface area contributed by atoms with Crippen LogP contribution in [0.4, 0.5) is 0 Å². The molecule has 2 aromatic rings. The van der Waals surface area contributed by atoms with Gasteiger partial charge in [0.2, 0.25) is 0 Å². The van der Waals surface area contributed by atoms with Crippen molar-refractivity contribution in [1.82, 2.24) is 9.78 Å². The molecule has 0 saturated carbocycles. The molecular weight excluding hydrogens is 395 g/mol. The Kier molecular flexibility index (Phi) is 3.92. The van der Waals surface area contributed by atoms with Gasteiger partial charge in [0, 0.05) is 5.02 Å². The molecule has 0 spiro atoms. The Morgan fingerprint density at radius 1 is 1.29 bits per heavy atom. The van der Waals surface area contributed by atoms with Crippen LogP contribution in [0.5, 0.6) is 0 Å². The predicted molar refractivity (Wildman–Crippen MR) is 74.4 cm³/mol. The quantitative estimate of drug-likeness (QED) is 0.697. The van der Waals surface area contributed by atoms with Gasteiger partial charge in [-0.3, -0.25) is 4.79 Å². The molecular formula is C10H4Br2Cl2N2O. The predicted octanol–water partition coefficient (Wildman–Crippen LogP) is 4.52. The number of nitrogens with zero attached hydrogens (tertiary/aromatic N) is 2. The average molecular weight is 399 g/mol. The molecule has 3 nitrogen and oxygen atoms in total. The third kappa shape index (κ3) is 2.42. The van der Waals surface area contributed by atoms with E-state index in [9.17, 15) is 4.79 Å². The summed E-state index contributed by atoms with van der Waals surface area (Å²) in [5, 5.41) is 5.16. The lowest BCUT2D eigenvalue weighted by molar-refractivity contribution is 0.112. The standard InChI is InChI=1S/C10H4Br2Cl2N2O/c11-9-6(4-17)10(12)16(15-9)8-2-1-5(13)3-7(8)14/h1-4H. The lowest BCUT2D eigenvalue weighted by Crippen LogP contribution is -1.97. The van der Waals surface area contributed by atoms with Gasteiger partial charge >= 0.3 is 0 Å². The highest BCUT2D eigenvalue weighted by Gasteiger charge is 2.16. The van der Waals surface area contributed by atoms with E-state index in [1.54, 1.807) is 18.2 Å². The number of aldehydes is 1. The van der Waals surface area contributed by atoms with Crippen LogP contribution in [0.25, 0.3) is 5.69 Å². The van der Waals surface area contributed by atoms with Crippen LogP contribution in [-0.2, 0) is 0 Å². The maximum Gasteiger partial charge on any atom is 0.155 e. The summed E-state index contributed by atoms with van der Waals surface area (Å²) in [7, 11) is 0.